The molecule has 0 saturated carbocycles. The molecule has 1 aromatic carbocycles. The first-order valence-corrected chi connectivity index (χ1v) is 6.30. The predicted molar refractivity (Wildman–Crippen MR) is 62.4 cm³/mol. The van der Waals surface area contributed by atoms with Crippen molar-refractivity contribution in [3.63, 3.8) is 0 Å². The van der Waals surface area contributed by atoms with Gasteiger partial charge in [0.05, 0.1) is 4.90 Å². The van der Waals surface area contributed by atoms with Crippen LogP contribution in [0.3, 0.4) is 0 Å². The van der Waals surface area contributed by atoms with Crippen molar-refractivity contribution in [2.24, 2.45) is 0 Å². The van der Waals surface area contributed by atoms with Crippen molar-refractivity contribution < 1.29 is 53.2 Å². The molecule has 1 aromatic rings. The molecule has 0 aliphatic carbocycles. The number of carbonyl (C=O) groups excluding carboxylic acids is 2. The molecule has 0 aliphatic rings. The summed E-state index contributed by atoms with van der Waals surface area (Å²) in [4.78, 5) is 17.7. The maximum atomic E-state index is 10.5. The molecule has 0 heterocycles. The zero-order chi connectivity index (χ0) is 15.6. The molecule has 0 aromatic heterocycles. The fraction of sp³-hybridized carbons (Fsp3) is 0.273. The third kappa shape index (κ3) is 19.1. The van der Waals surface area contributed by atoms with Crippen molar-refractivity contribution in [1.29, 1.82) is 0 Å². The normalized spacial score (nSPS) is 8.80. The van der Waals surface area contributed by atoms with Crippen LogP contribution in [0.1, 0.15) is 19.4 Å². The van der Waals surface area contributed by atoms with Crippen molar-refractivity contribution in [1.82, 2.24) is 0 Å². The molecule has 0 bridgehead atoms. The summed E-state index contributed by atoms with van der Waals surface area (Å²) in [6.45, 7) is 3.79. The van der Waals surface area contributed by atoms with Gasteiger partial charge in [-0.1, -0.05) is 17.7 Å². The smallest absolute Gasteiger partial charge is 0.550 e. The van der Waals surface area contributed by atoms with Crippen molar-refractivity contribution in [3.8, 4) is 0 Å². The van der Waals surface area contributed by atoms with Gasteiger partial charge in [-0.05, 0) is 32.9 Å². The Balaban J connectivity index is -0.000000272. The molecule has 0 amide bonds. The van der Waals surface area contributed by atoms with E-state index in [2.05, 4.69) is 0 Å². The minimum absolute atomic E-state index is 0. The molecular formula is C11H14O7PdS. The molecule has 9 heteroatoms. The molecule has 7 nitrogen and oxygen atoms in total. The molecule has 1 rings (SSSR count). The Morgan fingerprint density at radius 2 is 1.25 bits per heavy atom. The molecule has 0 saturated heterocycles. The van der Waals surface area contributed by atoms with Gasteiger partial charge in [0, 0.05) is 11.9 Å². The Labute approximate surface area is 131 Å². The van der Waals surface area contributed by atoms with E-state index in [-0.39, 0.29) is 25.3 Å². The first-order valence-electron chi connectivity index (χ1n) is 4.86. The fourth-order valence-corrected chi connectivity index (χ4v) is 1.19. The third-order valence-electron chi connectivity index (χ3n) is 1.32. The molecule has 0 unspecified atom stereocenters. The average molecular weight is 397 g/mol. The van der Waals surface area contributed by atoms with Crippen LogP contribution in [0, 0.1) is 6.92 Å². The molecule has 0 spiro atoms. The van der Waals surface area contributed by atoms with E-state index in [1.54, 1.807) is 12.1 Å². The van der Waals surface area contributed by atoms with Gasteiger partial charge in [-0.25, -0.2) is 0 Å². The predicted octanol–water partition coefficient (Wildman–Crippen LogP) is -1.25. The van der Waals surface area contributed by atoms with Crippen LogP contribution in [0.15, 0.2) is 29.2 Å². The Bertz CT molecular complexity index is 488. The fourth-order valence-electron chi connectivity index (χ4n) is 0.710. The average Bonchev–Trinajstić information content (AvgIpc) is 2.14. The van der Waals surface area contributed by atoms with Gasteiger partial charge in [0.1, 0.15) is 0 Å². The molecular weight excluding hydrogens is 383 g/mol. The summed E-state index contributed by atoms with van der Waals surface area (Å²) in [7, 11) is -4.02. The first-order chi connectivity index (χ1) is 8.46. The zero-order valence-electron chi connectivity index (χ0n) is 10.9. The molecule has 0 radical (unpaired) electrons. The van der Waals surface area contributed by atoms with Crippen LogP contribution in [0.2, 0.25) is 0 Å². The van der Waals surface area contributed by atoms with E-state index < -0.39 is 22.1 Å². The van der Waals surface area contributed by atoms with E-state index in [1.165, 1.54) is 12.1 Å². The largest absolute Gasteiger partial charge is 2.00 e. The van der Waals surface area contributed by atoms with Crippen LogP contribution in [-0.2, 0) is 40.1 Å². The van der Waals surface area contributed by atoms with E-state index in [1.807, 2.05) is 6.92 Å². The van der Waals surface area contributed by atoms with Crippen molar-refractivity contribution >= 4 is 22.1 Å². The second-order valence-electron chi connectivity index (χ2n) is 3.27. The van der Waals surface area contributed by atoms with E-state index in [0.717, 1.165) is 19.4 Å². The summed E-state index contributed by atoms with van der Waals surface area (Å²) in [5.74, 6) is -2.17. The van der Waals surface area contributed by atoms with Crippen molar-refractivity contribution in [2.75, 3.05) is 0 Å². The Hall–Kier alpha value is -1.27. The van der Waals surface area contributed by atoms with E-state index >= 15 is 0 Å². The Kier molecular flexibility index (Phi) is 13.7. The summed E-state index contributed by atoms with van der Waals surface area (Å²) in [5, 5.41) is 17.8. The Morgan fingerprint density at radius 3 is 1.45 bits per heavy atom. The van der Waals surface area contributed by atoms with Crippen LogP contribution in [0.25, 0.3) is 0 Å². The minimum atomic E-state index is -4.02. The molecule has 20 heavy (non-hydrogen) atoms. The maximum Gasteiger partial charge on any atom is 2.00 e. The number of benzene rings is 1. The van der Waals surface area contributed by atoms with E-state index in [4.69, 9.17) is 24.4 Å². The number of rotatable bonds is 1. The van der Waals surface area contributed by atoms with Gasteiger partial charge in [0.25, 0.3) is 10.1 Å². The first kappa shape index (κ1) is 23.8. The Morgan fingerprint density at radius 1 is 1.00 bits per heavy atom. The van der Waals surface area contributed by atoms with Crippen molar-refractivity contribution in [2.45, 2.75) is 25.7 Å². The number of carbonyl (C=O) groups is 2. The second kappa shape index (κ2) is 11.6. The number of carboxylic acids is 2. The minimum Gasteiger partial charge on any atom is -0.550 e. The van der Waals surface area contributed by atoms with Gasteiger partial charge in [0.2, 0.25) is 0 Å². The van der Waals surface area contributed by atoms with Crippen LogP contribution in [0.5, 0.6) is 0 Å². The SMILES string of the molecule is CC(=O)[O-].CC(=O)[O-].Cc1ccc(S(=O)(=O)O)cc1.[Pd+2]. The number of hydrogen-bond donors (Lipinski definition) is 1. The zero-order valence-corrected chi connectivity index (χ0v) is 13.3. The van der Waals surface area contributed by atoms with Gasteiger partial charge in [-0.15, -0.1) is 0 Å². The van der Waals surface area contributed by atoms with Crippen molar-refractivity contribution in [3.05, 3.63) is 29.8 Å². The summed E-state index contributed by atoms with van der Waals surface area (Å²) in [6.07, 6.45) is 0. The van der Waals surface area contributed by atoms with E-state index in [9.17, 15) is 8.42 Å². The third-order valence-corrected chi connectivity index (χ3v) is 2.19. The second-order valence-corrected chi connectivity index (χ2v) is 4.69. The number of aryl methyl sites for hydroxylation is 1. The van der Waals surface area contributed by atoms with Gasteiger partial charge in [-0.3, -0.25) is 4.55 Å². The van der Waals surface area contributed by atoms with Crippen LogP contribution < -0.4 is 10.2 Å². The number of carboxylic acid groups (broad SMARTS) is 2. The summed E-state index contributed by atoms with van der Waals surface area (Å²) < 4.78 is 29.6. The monoisotopic (exact) mass is 396 g/mol. The number of hydrogen-bond acceptors (Lipinski definition) is 6. The summed E-state index contributed by atoms with van der Waals surface area (Å²) in [5.41, 5.74) is 0.956. The molecule has 0 fully saturated rings. The standard InChI is InChI=1S/C7H8O3S.2C2H4O2.Pd/c1-6-2-4-7(5-3-6)11(8,9)10;2*1-2(3)4;/h2-5H,1H3,(H,8,9,10);2*1H3,(H,3,4);/q;;;+2/p-2. The maximum absolute atomic E-state index is 10.5. The van der Waals surface area contributed by atoms with E-state index in [0.29, 0.717) is 0 Å². The van der Waals surface area contributed by atoms with Crippen LogP contribution in [0.4, 0.5) is 0 Å². The summed E-state index contributed by atoms with van der Waals surface area (Å²) in [6, 6.07) is 5.99. The summed E-state index contributed by atoms with van der Waals surface area (Å²) >= 11 is 0. The topological polar surface area (TPSA) is 135 Å². The molecule has 116 valence electrons. The van der Waals surface area contributed by atoms with Crippen LogP contribution in [-0.4, -0.2) is 24.9 Å². The van der Waals surface area contributed by atoms with Crippen LogP contribution >= 0.6 is 0 Å². The van der Waals surface area contributed by atoms with Gasteiger partial charge in [0.15, 0.2) is 0 Å². The molecule has 1 N–H and O–H groups in total. The number of aliphatic carboxylic acids is 2. The molecule has 0 atom stereocenters. The van der Waals surface area contributed by atoms with Gasteiger partial charge in [-0.2, -0.15) is 8.42 Å². The molecule has 0 aliphatic heterocycles. The van der Waals surface area contributed by atoms with Gasteiger partial charge >= 0.3 is 20.4 Å². The quantitative estimate of drug-likeness (QED) is 0.463. The van der Waals surface area contributed by atoms with Gasteiger partial charge < -0.3 is 19.8 Å².